The molecule has 1 N–H and O–H groups in total. The van der Waals surface area contributed by atoms with E-state index in [4.69, 9.17) is 9.15 Å². The molecular weight excluding hydrogens is 268 g/mol. The van der Waals surface area contributed by atoms with Gasteiger partial charge in [0.05, 0.1) is 26.3 Å². The summed E-state index contributed by atoms with van der Waals surface area (Å²) < 4.78 is 11.0. The van der Waals surface area contributed by atoms with E-state index in [1.807, 2.05) is 17.9 Å². The van der Waals surface area contributed by atoms with E-state index in [0.717, 1.165) is 57.1 Å². The molecule has 2 aliphatic heterocycles. The highest BCUT2D eigenvalue weighted by molar-refractivity contribution is 5.79. The van der Waals surface area contributed by atoms with E-state index in [9.17, 15) is 4.79 Å². The summed E-state index contributed by atoms with van der Waals surface area (Å²) >= 11 is 0. The lowest BCUT2D eigenvalue weighted by Crippen LogP contribution is -3.11. The van der Waals surface area contributed by atoms with Crippen molar-refractivity contribution in [2.75, 3.05) is 39.4 Å². The molecular formula is C16H25N2O3+. The van der Waals surface area contributed by atoms with E-state index in [0.29, 0.717) is 19.1 Å². The van der Waals surface area contributed by atoms with Crippen molar-refractivity contribution in [3.63, 3.8) is 0 Å². The molecule has 3 rings (SSSR count). The van der Waals surface area contributed by atoms with Gasteiger partial charge < -0.3 is 19.0 Å². The standard InChI is InChI=1S/C16H24N2O3/c1-13-2-3-15(21-13)12-17-6-4-14(5-7-17)16(19)18-8-10-20-11-9-18/h2-3,14H,4-12H2,1H3/p+1. The summed E-state index contributed by atoms with van der Waals surface area (Å²) in [5.74, 6) is 2.58. The maximum atomic E-state index is 12.5. The molecule has 0 aliphatic carbocycles. The highest BCUT2D eigenvalue weighted by Gasteiger charge is 2.31. The highest BCUT2D eigenvalue weighted by atomic mass is 16.5. The van der Waals surface area contributed by atoms with Crippen LogP contribution in [0.15, 0.2) is 16.5 Å². The Balaban J connectivity index is 1.47. The van der Waals surface area contributed by atoms with Crippen LogP contribution in [0, 0.1) is 12.8 Å². The summed E-state index contributed by atoms with van der Waals surface area (Å²) in [6.07, 6.45) is 1.98. The van der Waals surface area contributed by atoms with Gasteiger partial charge in [0.15, 0.2) is 5.76 Å². The predicted molar refractivity (Wildman–Crippen MR) is 78.0 cm³/mol. The normalized spacial score (nSPS) is 26.8. The lowest BCUT2D eigenvalue weighted by Gasteiger charge is -2.33. The Hall–Kier alpha value is -1.33. The first kappa shape index (κ1) is 14.6. The van der Waals surface area contributed by atoms with E-state index in [1.54, 1.807) is 0 Å². The summed E-state index contributed by atoms with van der Waals surface area (Å²) in [7, 11) is 0. The molecule has 0 unspecified atom stereocenters. The number of likely N-dealkylation sites (tertiary alicyclic amines) is 1. The molecule has 0 bridgehead atoms. The average Bonchev–Trinajstić information content (AvgIpc) is 2.93. The van der Waals surface area contributed by atoms with Gasteiger partial charge in [0.25, 0.3) is 0 Å². The number of carbonyl (C=O) groups excluding carboxylic acids is 1. The van der Waals surface area contributed by atoms with Gasteiger partial charge in [0, 0.05) is 31.8 Å². The van der Waals surface area contributed by atoms with Gasteiger partial charge in [-0.15, -0.1) is 0 Å². The molecule has 2 fully saturated rings. The molecule has 0 atom stereocenters. The van der Waals surface area contributed by atoms with E-state index in [1.165, 1.54) is 4.90 Å². The maximum Gasteiger partial charge on any atom is 0.226 e. The number of hydrogen-bond donors (Lipinski definition) is 1. The van der Waals surface area contributed by atoms with Crippen molar-refractivity contribution in [1.29, 1.82) is 0 Å². The van der Waals surface area contributed by atoms with Crippen LogP contribution in [0.2, 0.25) is 0 Å². The van der Waals surface area contributed by atoms with E-state index in [2.05, 4.69) is 6.07 Å². The summed E-state index contributed by atoms with van der Waals surface area (Å²) in [4.78, 5) is 16.0. The molecule has 0 radical (unpaired) electrons. The molecule has 1 aromatic heterocycles. The molecule has 1 amide bonds. The molecule has 0 spiro atoms. The van der Waals surface area contributed by atoms with Crippen molar-refractivity contribution < 1.29 is 18.8 Å². The Morgan fingerprint density at radius 1 is 1.29 bits per heavy atom. The van der Waals surface area contributed by atoms with Crippen LogP contribution < -0.4 is 4.90 Å². The van der Waals surface area contributed by atoms with Crippen molar-refractivity contribution >= 4 is 5.91 Å². The lowest BCUT2D eigenvalue weighted by molar-refractivity contribution is -0.920. The van der Waals surface area contributed by atoms with Crippen LogP contribution in [0.1, 0.15) is 24.4 Å². The number of ether oxygens (including phenoxy) is 1. The Morgan fingerprint density at radius 2 is 2.00 bits per heavy atom. The first-order valence-corrected chi connectivity index (χ1v) is 7.98. The zero-order chi connectivity index (χ0) is 14.7. The molecule has 2 saturated heterocycles. The smallest absolute Gasteiger partial charge is 0.226 e. The second-order valence-electron chi connectivity index (χ2n) is 6.15. The third-order valence-electron chi connectivity index (χ3n) is 4.58. The molecule has 0 saturated carbocycles. The van der Waals surface area contributed by atoms with Crippen LogP contribution in [0.5, 0.6) is 0 Å². The number of nitrogens with one attached hydrogen (secondary N) is 1. The number of furan rings is 1. The minimum Gasteiger partial charge on any atom is -0.460 e. The molecule has 1 aromatic rings. The van der Waals surface area contributed by atoms with Gasteiger partial charge in [-0.05, 0) is 19.1 Å². The molecule has 5 heteroatoms. The van der Waals surface area contributed by atoms with Crippen molar-refractivity contribution in [2.24, 2.45) is 5.92 Å². The summed E-state index contributed by atoms with van der Waals surface area (Å²) in [6, 6.07) is 4.08. The highest BCUT2D eigenvalue weighted by Crippen LogP contribution is 2.15. The maximum absolute atomic E-state index is 12.5. The number of carbonyl (C=O) groups is 1. The van der Waals surface area contributed by atoms with Crippen LogP contribution in [0.25, 0.3) is 0 Å². The minimum atomic E-state index is 0.213. The number of quaternary nitrogens is 1. The summed E-state index contributed by atoms with van der Waals surface area (Å²) in [5, 5.41) is 0. The minimum absolute atomic E-state index is 0.213. The van der Waals surface area contributed by atoms with Crippen LogP contribution in [-0.4, -0.2) is 50.2 Å². The summed E-state index contributed by atoms with van der Waals surface area (Å²) in [5.41, 5.74) is 0. The fourth-order valence-corrected chi connectivity index (χ4v) is 3.32. The van der Waals surface area contributed by atoms with Crippen molar-refractivity contribution in [3.05, 3.63) is 23.7 Å². The second-order valence-corrected chi connectivity index (χ2v) is 6.15. The molecule has 2 aliphatic rings. The Bertz CT molecular complexity index is 472. The van der Waals surface area contributed by atoms with Gasteiger partial charge >= 0.3 is 0 Å². The quantitative estimate of drug-likeness (QED) is 0.868. The van der Waals surface area contributed by atoms with E-state index >= 15 is 0 Å². The number of piperidine rings is 1. The van der Waals surface area contributed by atoms with Crippen LogP contribution >= 0.6 is 0 Å². The van der Waals surface area contributed by atoms with Crippen molar-refractivity contribution in [1.82, 2.24) is 4.90 Å². The predicted octanol–water partition coefficient (Wildman–Crippen LogP) is 0.242. The van der Waals surface area contributed by atoms with Gasteiger partial charge in [-0.1, -0.05) is 0 Å². The number of aryl methyl sites for hydroxylation is 1. The molecule has 3 heterocycles. The van der Waals surface area contributed by atoms with Gasteiger partial charge in [-0.25, -0.2) is 0 Å². The lowest BCUT2D eigenvalue weighted by atomic mass is 9.95. The van der Waals surface area contributed by atoms with Gasteiger partial charge in [0.2, 0.25) is 5.91 Å². The fourth-order valence-electron chi connectivity index (χ4n) is 3.32. The number of morpholine rings is 1. The van der Waals surface area contributed by atoms with Crippen molar-refractivity contribution in [2.45, 2.75) is 26.3 Å². The first-order valence-electron chi connectivity index (χ1n) is 7.98. The SMILES string of the molecule is Cc1ccc(C[NH+]2CCC(C(=O)N3CCOCC3)CC2)o1. The van der Waals surface area contributed by atoms with E-state index in [-0.39, 0.29) is 5.92 Å². The second kappa shape index (κ2) is 6.62. The fraction of sp³-hybridized carbons (Fsp3) is 0.688. The van der Waals surface area contributed by atoms with Gasteiger partial charge in [-0.3, -0.25) is 4.79 Å². The van der Waals surface area contributed by atoms with Crippen LogP contribution in [0.3, 0.4) is 0 Å². The molecule has 5 nitrogen and oxygen atoms in total. The number of hydrogen-bond acceptors (Lipinski definition) is 3. The zero-order valence-corrected chi connectivity index (χ0v) is 12.8. The van der Waals surface area contributed by atoms with Crippen LogP contribution in [-0.2, 0) is 16.1 Å². The zero-order valence-electron chi connectivity index (χ0n) is 12.8. The van der Waals surface area contributed by atoms with E-state index < -0.39 is 0 Å². The molecule has 116 valence electrons. The average molecular weight is 293 g/mol. The third-order valence-corrected chi connectivity index (χ3v) is 4.58. The van der Waals surface area contributed by atoms with Gasteiger partial charge in [0.1, 0.15) is 12.3 Å². The summed E-state index contributed by atoms with van der Waals surface area (Å²) in [6.45, 7) is 7.93. The Labute approximate surface area is 125 Å². The first-order chi connectivity index (χ1) is 10.2. The third kappa shape index (κ3) is 3.66. The Kier molecular flexibility index (Phi) is 4.60. The van der Waals surface area contributed by atoms with Crippen LogP contribution in [0.4, 0.5) is 0 Å². The van der Waals surface area contributed by atoms with Crippen molar-refractivity contribution in [3.8, 4) is 0 Å². The largest absolute Gasteiger partial charge is 0.460 e. The number of amides is 1. The molecule has 0 aromatic carbocycles. The molecule has 21 heavy (non-hydrogen) atoms. The topological polar surface area (TPSA) is 47.1 Å². The number of nitrogens with zero attached hydrogens (tertiary/aromatic N) is 1. The Morgan fingerprint density at radius 3 is 2.62 bits per heavy atom. The monoisotopic (exact) mass is 293 g/mol. The number of rotatable bonds is 3. The van der Waals surface area contributed by atoms with Gasteiger partial charge in [-0.2, -0.15) is 0 Å².